The van der Waals surface area contributed by atoms with Crippen molar-refractivity contribution in [1.82, 2.24) is 15.1 Å². The molecule has 3 atom stereocenters. The minimum Gasteiger partial charge on any atom is -0.313 e. The highest BCUT2D eigenvalue weighted by Crippen LogP contribution is 2.22. The number of fused-ring (bicyclic) bond motifs is 1. The van der Waals surface area contributed by atoms with Gasteiger partial charge in [0.1, 0.15) is 0 Å². The van der Waals surface area contributed by atoms with Crippen LogP contribution >= 0.6 is 0 Å². The van der Waals surface area contributed by atoms with Gasteiger partial charge in [0.2, 0.25) is 0 Å². The molecule has 0 bridgehead atoms. The summed E-state index contributed by atoms with van der Waals surface area (Å²) in [6, 6.07) is 1.62. The maximum absolute atomic E-state index is 3.71. The van der Waals surface area contributed by atoms with Gasteiger partial charge in [-0.1, -0.05) is 13.3 Å². The fourth-order valence-electron chi connectivity index (χ4n) is 4.06. The standard InChI is InChI=1S/C15H29N3/c1-13-5-6-16-14(10-13)11-17-8-9-18-7-3-2-4-15(18)12-17/h13-16H,2-12H2,1H3. The summed E-state index contributed by atoms with van der Waals surface area (Å²) in [5.41, 5.74) is 0. The van der Waals surface area contributed by atoms with E-state index >= 15 is 0 Å². The molecule has 0 radical (unpaired) electrons. The molecule has 0 aromatic carbocycles. The average molecular weight is 251 g/mol. The Labute approximate surface area is 112 Å². The molecule has 3 rings (SSSR count). The lowest BCUT2D eigenvalue weighted by Gasteiger charge is -2.45. The summed E-state index contributed by atoms with van der Waals surface area (Å²) in [5, 5.41) is 3.71. The van der Waals surface area contributed by atoms with Crippen LogP contribution in [0.5, 0.6) is 0 Å². The highest BCUT2D eigenvalue weighted by Gasteiger charge is 2.30. The Hall–Kier alpha value is -0.120. The van der Waals surface area contributed by atoms with Gasteiger partial charge < -0.3 is 5.32 Å². The van der Waals surface area contributed by atoms with Crippen molar-refractivity contribution < 1.29 is 0 Å². The van der Waals surface area contributed by atoms with Crippen LogP contribution in [0.2, 0.25) is 0 Å². The van der Waals surface area contributed by atoms with Crippen LogP contribution in [0.4, 0.5) is 0 Å². The van der Waals surface area contributed by atoms with Gasteiger partial charge in [-0.3, -0.25) is 9.80 Å². The van der Waals surface area contributed by atoms with Gasteiger partial charge in [-0.15, -0.1) is 0 Å². The van der Waals surface area contributed by atoms with E-state index in [1.807, 2.05) is 0 Å². The molecule has 0 spiro atoms. The second-order valence-electron chi connectivity index (χ2n) is 6.73. The van der Waals surface area contributed by atoms with Gasteiger partial charge in [-0.2, -0.15) is 0 Å². The van der Waals surface area contributed by atoms with E-state index in [2.05, 4.69) is 22.0 Å². The lowest BCUT2D eigenvalue weighted by atomic mass is 9.93. The molecular weight excluding hydrogens is 222 g/mol. The smallest absolute Gasteiger partial charge is 0.0223 e. The van der Waals surface area contributed by atoms with Crippen molar-refractivity contribution in [2.24, 2.45) is 5.92 Å². The fraction of sp³-hybridized carbons (Fsp3) is 1.00. The lowest BCUT2D eigenvalue weighted by Crippen LogP contribution is -2.57. The highest BCUT2D eigenvalue weighted by atomic mass is 15.3. The molecule has 0 aliphatic carbocycles. The first-order valence-electron chi connectivity index (χ1n) is 8.01. The van der Waals surface area contributed by atoms with Crippen LogP contribution in [0.3, 0.4) is 0 Å². The topological polar surface area (TPSA) is 18.5 Å². The third-order valence-corrected chi connectivity index (χ3v) is 5.16. The number of nitrogens with zero attached hydrogens (tertiary/aromatic N) is 2. The highest BCUT2D eigenvalue weighted by molar-refractivity contribution is 4.87. The Morgan fingerprint density at radius 1 is 1.11 bits per heavy atom. The van der Waals surface area contributed by atoms with Crippen LogP contribution in [0.25, 0.3) is 0 Å². The maximum Gasteiger partial charge on any atom is 0.0223 e. The summed E-state index contributed by atoms with van der Waals surface area (Å²) in [5.74, 6) is 0.923. The Bertz CT molecular complexity index is 268. The summed E-state index contributed by atoms with van der Waals surface area (Å²) >= 11 is 0. The third-order valence-electron chi connectivity index (χ3n) is 5.16. The van der Waals surface area contributed by atoms with Crippen LogP contribution in [-0.4, -0.2) is 61.2 Å². The van der Waals surface area contributed by atoms with E-state index < -0.39 is 0 Å². The van der Waals surface area contributed by atoms with Gasteiger partial charge in [0, 0.05) is 38.3 Å². The molecule has 104 valence electrons. The van der Waals surface area contributed by atoms with E-state index in [9.17, 15) is 0 Å². The van der Waals surface area contributed by atoms with Gasteiger partial charge >= 0.3 is 0 Å². The number of rotatable bonds is 2. The second kappa shape index (κ2) is 5.89. The van der Waals surface area contributed by atoms with Crippen LogP contribution < -0.4 is 5.32 Å². The first-order chi connectivity index (χ1) is 8.81. The number of piperidine rings is 2. The molecule has 3 heteroatoms. The van der Waals surface area contributed by atoms with Crippen LogP contribution in [0.1, 0.15) is 39.0 Å². The number of piperazine rings is 1. The van der Waals surface area contributed by atoms with Gasteiger partial charge in [0.15, 0.2) is 0 Å². The molecule has 3 fully saturated rings. The molecule has 3 aliphatic rings. The molecule has 3 nitrogen and oxygen atoms in total. The molecule has 3 saturated heterocycles. The Balaban J connectivity index is 1.48. The molecule has 3 heterocycles. The number of nitrogens with one attached hydrogen (secondary N) is 1. The first kappa shape index (κ1) is 12.9. The van der Waals surface area contributed by atoms with Crippen molar-refractivity contribution in [3.63, 3.8) is 0 Å². The fourth-order valence-corrected chi connectivity index (χ4v) is 4.06. The summed E-state index contributed by atoms with van der Waals surface area (Å²) in [6.07, 6.45) is 7.06. The third kappa shape index (κ3) is 3.06. The summed E-state index contributed by atoms with van der Waals surface area (Å²) in [4.78, 5) is 5.46. The zero-order chi connectivity index (χ0) is 12.4. The van der Waals surface area contributed by atoms with Crippen molar-refractivity contribution in [2.75, 3.05) is 39.3 Å². The Kier molecular flexibility index (Phi) is 4.22. The van der Waals surface area contributed by atoms with E-state index in [-0.39, 0.29) is 0 Å². The summed E-state index contributed by atoms with van der Waals surface area (Å²) < 4.78 is 0. The van der Waals surface area contributed by atoms with Crippen molar-refractivity contribution in [3.05, 3.63) is 0 Å². The molecular formula is C15H29N3. The van der Waals surface area contributed by atoms with Crippen LogP contribution in [0.15, 0.2) is 0 Å². The van der Waals surface area contributed by atoms with Crippen molar-refractivity contribution >= 4 is 0 Å². The summed E-state index contributed by atoms with van der Waals surface area (Å²) in [6.45, 7) is 10.2. The number of hydrogen-bond donors (Lipinski definition) is 1. The van der Waals surface area contributed by atoms with Gasteiger partial charge in [-0.25, -0.2) is 0 Å². The molecule has 3 aliphatic heterocycles. The average Bonchev–Trinajstić information content (AvgIpc) is 2.39. The quantitative estimate of drug-likeness (QED) is 0.803. The zero-order valence-electron chi connectivity index (χ0n) is 11.9. The predicted octanol–water partition coefficient (Wildman–Crippen LogP) is 1.54. The largest absolute Gasteiger partial charge is 0.313 e. The van der Waals surface area contributed by atoms with E-state index in [0.717, 1.165) is 18.0 Å². The molecule has 1 N–H and O–H groups in total. The zero-order valence-corrected chi connectivity index (χ0v) is 11.9. The molecule has 18 heavy (non-hydrogen) atoms. The predicted molar refractivity (Wildman–Crippen MR) is 75.8 cm³/mol. The molecule has 0 aromatic rings. The van der Waals surface area contributed by atoms with E-state index in [1.165, 1.54) is 71.4 Å². The van der Waals surface area contributed by atoms with E-state index in [0.29, 0.717) is 0 Å². The molecule has 0 amide bonds. The first-order valence-corrected chi connectivity index (χ1v) is 8.01. The molecule has 3 unspecified atom stereocenters. The van der Waals surface area contributed by atoms with Crippen molar-refractivity contribution in [1.29, 1.82) is 0 Å². The lowest BCUT2D eigenvalue weighted by molar-refractivity contribution is 0.0419. The SMILES string of the molecule is CC1CCNC(CN2CCN3CCCCC3C2)C1. The normalized spacial score (nSPS) is 39.5. The van der Waals surface area contributed by atoms with Gasteiger partial charge in [-0.05, 0) is 44.7 Å². The van der Waals surface area contributed by atoms with Crippen LogP contribution in [0, 0.1) is 5.92 Å². The minimum absolute atomic E-state index is 0.754. The minimum atomic E-state index is 0.754. The van der Waals surface area contributed by atoms with Crippen molar-refractivity contribution in [2.45, 2.75) is 51.1 Å². The van der Waals surface area contributed by atoms with Gasteiger partial charge in [0.25, 0.3) is 0 Å². The van der Waals surface area contributed by atoms with Crippen molar-refractivity contribution in [3.8, 4) is 0 Å². The van der Waals surface area contributed by atoms with E-state index in [1.54, 1.807) is 0 Å². The Morgan fingerprint density at radius 2 is 2.06 bits per heavy atom. The van der Waals surface area contributed by atoms with E-state index in [4.69, 9.17) is 0 Å². The molecule has 0 aromatic heterocycles. The van der Waals surface area contributed by atoms with Gasteiger partial charge in [0.05, 0.1) is 0 Å². The Morgan fingerprint density at radius 3 is 2.94 bits per heavy atom. The monoisotopic (exact) mass is 251 g/mol. The van der Waals surface area contributed by atoms with Crippen LogP contribution in [-0.2, 0) is 0 Å². The second-order valence-corrected chi connectivity index (χ2v) is 6.73. The maximum atomic E-state index is 3.71. The summed E-state index contributed by atoms with van der Waals surface area (Å²) in [7, 11) is 0. The molecule has 0 saturated carbocycles. The number of hydrogen-bond acceptors (Lipinski definition) is 3.